The Hall–Kier alpha value is -2.63. The minimum absolute atomic E-state index is 0.121. The second-order valence-electron chi connectivity index (χ2n) is 4.00. The van der Waals surface area contributed by atoms with Crippen LogP contribution >= 0.6 is 0 Å². The van der Waals surface area contributed by atoms with Crippen LogP contribution in [0.15, 0.2) is 30.3 Å². The van der Waals surface area contributed by atoms with E-state index in [-0.39, 0.29) is 6.61 Å². The maximum absolute atomic E-state index is 11.2. The smallest absolute Gasteiger partial charge is 0.252 e. The summed E-state index contributed by atoms with van der Waals surface area (Å²) in [5.41, 5.74) is 12.0. The molecule has 0 fully saturated rings. The molecule has 4 N–H and O–H groups in total. The van der Waals surface area contributed by atoms with Crippen molar-refractivity contribution in [3.63, 3.8) is 0 Å². The third-order valence-corrected chi connectivity index (χ3v) is 2.43. The lowest BCUT2D eigenvalue weighted by atomic mass is 10.2. The van der Waals surface area contributed by atoms with Gasteiger partial charge in [-0.05, 0) is 19.1 Å². The van der Waals surface area contributed by atoms with Gasteiger partial charge in [0.25, 0.3) is 5.91 Å². The summed E-state index contributed by atoms with van der Waals surface area (Å²) in [5.74, 6) is 0.699. The second-order valence-corrected chi connectivity index (χ2v) is 4.00. The molecule has 0 aliphatic heterocycles. The fourth-order valence-corrected chi connectivity index (χ4v) is 1.66. The van der Waals surface area contributed by atoms with Crippen molar-refractivity contribution in [1.82, 2.24) is 9.97 Å². The van der Waals surface area contributed by atoms with Crippen LogP contribution < -0.4 is 16.2 Å². The number of ether oxygens (including phenoxy) is 1. The summed E-state index contributed by atoms with van der Waals surface area (Å²) >= 11 is 0. The Bertz CT molecular complexity index is 593. The third kappa shape index (κ3) is 3.19. The molecule has 1 aromatic carbocycles. The topological polar surface area (TPSA) is 104 Å². The Morgan fingerprint density at radius 1 is 1.32 bits per heavy atom. The highest BCUT2D eigenvalue weighted by Crippen LogP contribution is 2.18. The summed E-state index contributed by atoms with van der Waals surface area (Å²) in [5, 5.41) is 0. The maximum Gasteiger partial charge on any atom is 0.252 e. The molecule has 6 nitrogen and oxygen atoms in total. The van der Waals surface area contributed by atoms with Gasteiger partial charge in [0, 0.05) is 11.8 Å². The molecule has 0 bridgehead atoms. The van der Waals surface area contributed by atoms with Gasteiger partial charge >= 0.3 is 0 Å². The summed E-state index contributed by atoms with van der Waals surface area (Å²) in [7, 11) is 0. The van der Waals surface area contributed by atoms with Crippen molar-refractivity contribution in [1.29, 1.82) is 0 Å². The van der Waals surface area contributed by atoms with E-state index in [9.17, 15) is 4.79 Å². The first kappa shape index (κ1) is 12.8. The molecule has 98 valence electrons. The molecule has 0 atom stereocenters. The Morgan fingerprint density at radius 2 is 2.05 bits per heavy atom. The number of amides is 1. The van der Waals surface area contributed by atoms with Gasteiger partial charge < -0.3 is 16.2 Å². The number of carbonyl (C=O) groups excluding carboxylic acids is 1. The van der Waals surface area contributed by atoms with E-state index in [0.29, 0.717) is 23.0 Å². The van der Waals surface area contributed by atoms with Gasteiger partial charge in [0.2, 0.25) is 0 Å². The summed E-state index contributed by atoms with van der Waals surface area (Å²) in [6.45, 7) is 1.94. The Kier molecular flexibility index (Phi) is 3.61. The monoisotopic (exact) mass is 258 g/mol. The average molecular weight is 258 g/mol. The third-order valence-electron chi connectivity index (χ3n) is 2.43. The SMILES string of the molecule is Cc1cc(N)nc(COc2ccccc2C(N)=O)n1. The molecule has 0 spiro atoms. The predicted octanol–water partition coefficient (Wildman–Crippen LogP) is 1.05. The Balaban J connectivity index is 2.16. The molecule has 0 unspecified atom stereocenters. The van der Waals surface area contributed by atoms with Crippen molar-refractivity contribution in [2.45, 2.75) is 13.5 Å². The first-order chi connectivity index (χ1) is 9.06. The number of nitrogen functional groups attached to an aromatic ring is 1. The van der Waals surface area contributed by atoms with Crippen molar-refractivity contribution < 1.29 is 9.53 Å². The van der Waals surface area contributed by atoms with Gasteiger partial charge in [0.1, 0.15) is 18.2 Å². The number of hydrogen-bond acceptors (Lipinski definition) is 5. The zero-order chi connectivity index (χ0) is 13.8. The van der Waals surface area contributed by atoms with Crippen LogP contribution in [-0.2, 0) is 6.61 Å². The minimum atomic E-state index is -0.541. The Morgan fingerprint density at radius 3 is 2.74 bits per heavy atom. The molecule has 1 aromatic heterocycles. The molecule has 1 heterocycles. The number of benzene rings is 1. The number of aromatic nitrogens is 2. The largest absolute Gasteiger partial charge is 0.485 e. The highest BCUT2D eigenvalue weighted by atomic mass is 16.5. The average Bonchev–Trinajstić information content (AvgIpc) is 2.35. The number of nitrogens with zero attached hydrogens (tertiary/aromatic N) is 2. The van der Waals surface area contributed by atoms with E-state index < -0.39 is 5.91 Å². The van der Waals surface area contributed by atoms with Crippen molar-refractivity contribution in [2.75, 3.05) is 5.73 Å². The van der Waals surface area contributed by atoms with Crippen LogP contribution in [0.1, 0.15) is 21.9 Å². The highest BCUT2D eigenvalue weighted by Gasteiger charge is 2.09. The molecule has 19 heavy (non-hydrogen) atoms. The van der Waals surface area contributed by atoms with Gasteiger partial charge in [-0.1, -0.05) is 12.1 Å². The van der Waals surface area contributed by atoms with Crippen LogP contribution in [0.25, 0.3) is 0 Å². The van der Waals surface area contributed by atoms with Gasteiger partial charge in [0.15, 0.2) is 5.82 Å². The van der Waals surface area contributed by atoms with Crippen LogP contribution in [0.3, 0.4) is 0 Å². The number of anilines is 1. The summed E-state index contributed by atoms with van der Waals surface area (Å²) < 4.78 is 5.51. The van der Waals surface area contributed by atoms with Crippen LogP contribution in [0.2, 0.25) is 0 Å². The molecule has 2 rings (SSSR count). The fourth-order valence-electron chi connectivity index (χ4n) is 1.66. The van der Waals surface area contributed by atoms with E-state index in [0.717, 1.165) is 5.69 Å². The van der Waals surface area contributed by atoms with Gasteiger partial charge in [0.05, 0.1) is 5.56 Å². The lowest BCUT2D eigenvalue weighted by molar-refractivity contribution is 0.0995. The van der Waals surface area contributed by atoms with Crippen molar-refractivity contribution >= 4 is 11.7 Å². The number of rotatable bonds is 4. The number of primary amides is 1. The maximum atomic E-state index is 11.2. The van der Waals surface area contributed by atoms with Crippen molar-refractivity contribution in [2.24, 2.45) is 5.73 Å². The standard InChI is InChI=1S/C13H14N4O2/c1-8-6-11(14)17-12(16-8)7-19-10-5-3-2-4-9(10)13(15)18/h2-6H,7H2,1H3,(H2,15,18)(H2,14,16,17). The fraction of sp³-hybridized carbons (Fsp3) is 0.154. The summed E-state index contributed by atoms with van der Waals surface area (Å²) in [4.78, 5) is 19.5. The van der Waals surface area contributed by atoms with Crippen LogP contribution in [0.4, 0.5) is 5.82 Å². The first-order valence-corrected chi connectivity index (χ1v) is 5.68. The number of hydrogen-bond donors (Lipinski definition) is 2. The lowest BCUT2D eigenvalue weighted by Gasteiger charge is -2.09. The van der Waals surface area contributed by atoms with Gasteiger partial charge in [-0.15, -0.1) is 0 Å². The van der Waals surface area contributed by atoms with Crippen LogP contribution in [0, 0.1) is 6.92 Å². The second kappa shape index (κ2) is 5.34. The predicted molar refractivity (Wildman–Crippen MR) is 70.5 cm³/mol. The quantitative estimate of drug-likeness (QED) is 0.852. The van der Waals surface area contributed by atoms with E-state index >= 15 is 0 Å². The molecule has 2 aromatic rings. The van der Waals surface area contributed by atoms with Crippen LogP contribution in [0.5, 0.6) is 5.75 Å². The van der Waals surface area contributed by atoms with E-state index in [4.69, 9.17) is 16.2 Å². The molecular formula is C13H14N4O2. The van der Waals surface area contributed by atoms with E-state index in [1.54, 1.807) is 30.3 Å². The van der Waals surface area contributed by atoms with Crippen LogP contribution in [-0.4, -0.2) is 15.9 Å². The van der Waals surface area contributed by atoms with Gasteiger partial charge in [-0.25, -0.2) is 9.97 Å². The molecule has 1 amide bonds. The molecule has 0 saturated heterocycles. The van der Waals surface area contributed by atoms with Gasteiger partial charge in [-0.2, -0.15) is 0 Å². The van der Waals surface area contributed by atoms with Crippen molar-refractivity contribution in [3.05, 3.63) is 47.4 Å². The first-order valence-electron chi connectivity index (χ1n) is 5.68. The number of carbonyl (C=O) groups is 1. The lowest BCUT2D eigenvalue weighted by Crippen LogP contribution is -2.13. The van der Waals surface area contributed by atoms with Gasteiger partial charge in [-0.3, -0.25) is 4.79 Å². The minimum Gasteiger partial charge on any atom is -0.485 e. The highest BCUT2D eigenvalue weighted by molar-refractivity contribution is 5.95. The Labute approximate surface area is 110 Å². The number of nitrogens with two attached hydrogens (primary N) is 2. The van der Waals surface area contributed by atoms with E-state index in [1.807, 2.05) is 6.92 Å². The zero-order valence-corrected chi connectivity index (χ0v) is 10.5. The molecule has 6 heteroatoms. The van der Waals surface area contributed by atoms with E-state index in [2.05, 4.69) is 9.97 Å². The molecule has 0 saturated carbocycles. The molecule has 0 radical (unpaired) electrons. The van der Waals surface area contributed by atoms with Crippen molar-refractivity contribution in [3.8, 4) is 5.75 Å². The number of aryl methyl sites for hydroxylation is 1. The molecule has 0 aliphatic rings. The summed E-state index contributed by atoms with van der Waals surface area (Å²) in [6, 6.07) is 8.41. The zero-order valence-electron chi connectivity index (χ0n) is 10.5. The van der Waals surface area contributed by atoms with E-state index in [1.165, 1.54) is 0 Å². The normalized spacial score (nSPS) is 10.2. The number of para-hydroxylation sites is 1. The molecule has 0 aliphatic carbocycles. The summed E-state index contributed by atoms with van der Waals surface area (Å²) in [6.07, 6.45) is 0. The molecular weight excluding hydrogens is 244 g/mol.